The second-order valence-electron chi connectivity index (χ2n) is 8.31. The zero-order chi connectivity index (χ0) is 26.2. The third-order valence-electron chi connectivity index (χ3n) is 5.75. The smallest absolute Gasteiger partial charge is 0.426 e. The maximum absolute atomic E-state index is 14.8. The van der Waals surface area contributed by atoms with Crippen LogP contribution in [0.5, 0.6) is 5.75 Å². The first kappa shape index (κ1) is 25.5. The molecular formula is C27H18F8O. The minimum atomic E-state index is -4.24. The molecular weight excluding hydrogens is 492 g/mol. The Morgan fingerprint density at radius 1 is 0.778 bits per heavy atom. The summed E-state index contributed by atoms with van der Waals surface area (Å²) in [6.45, 7) is 1.92. The summed E-state index contributed by atoms with van der Waals surface area (Å²) in [7, 11) is 0. The zero-order valence-corrected chi connectivity index (χ0v) is 18.7. The van der Waals surface area contributed by atoms with Gasteiger partial charge in [0.05, 0.1) is 11.1 Å². The van der Waals surface area contributed by atoms with Gasteiger partial charge in [0.1, 0.15) is 17.4 Å². The van der Waals surface area contributed by atoms with E-state index in [0.29, 0.717) is 12.5 Å². The average Bonchev–Trinajstić information content (AvgIpc) is 2.80. The number of hydrogen-bond acceptors (Lipinski definition) is 1. The van der Waals surface area contributed by atoms with E-state index >= 15 is 0 Å². The second kappa shape index (κ2) is 9.79. The van der Waals surface area contributed by atoms with Crippen LogP contribution in [0.15, 0.2) is 60.7 Å². The Hall–Kier alpha value is -3.62. The van der Waals surface area contributed by atoms with Crippen molar-refractivity contribution in [3.63, 3.8) is 0 Å². The molecule has 9 heteroatoms. The van der Waals surface area contributed by atoms with Crippen LogP contribution in [-0.4, -0.2) is 0 Å². The van der Waals surface area contributed by atoms with E-state index < -0.39 is 58.1 Å². The van der Waals surface area contributed by atoms with Gasteiger partial charge in [-0.25, -0.2) is 26.3 Å². The summed E-state index contributed by atoms with van der Waals surface area (Å²) in [5, 5.41) is -0.288. The molecule has 0 saturated heterocycles. The Kier molecular flexibility index (Phi) is 6.93. The monoisotopic (exact) mass is 510 g/mol. The first-order chi connectivity index (χ1) is 17.0. The molecule has 4 aromatic carbocycles. The molecule has 1 nitrogen and oxygen atoms in total. The summed E-state index contributed by atoms with van der Waals surface area (Å²) in [6, 6.07) is 12.0. The summed E-state index contributed by atoms with van der Waals surface area (Å²) in [4.78, 5) is 0. The Balaban J connectivity index is 1.61. The highest BCUT2D eigenvalue weighted by molar-refractivity contribution is 5.85. The summed E-state index contributed by atoms with van der Waals surface area (Å²) in [5.41, 5.74) is -0.464. The Bertz CT molecular complexity index is 1390. The Morgan fingerprint density at radius 3 is 2.03 bits per heavy atom. The fraction of sp³-hybridized carbons (Fsp3) is 0.185. The van der Waals surface area contributed by atoms with Crippen molar-refractivity contribution < 1.29 is 39.9 Å². The number of aryl methyl sites for hydroxylation is 3. The molecule has 0 aliphatic carbocycles. The van der Waals surface area contributed by atoms with E-state index in [1.54, 1.807) is 0 Å². The van der Waals surface area contributed by atoms with Gasteiger partial charge in [-0.2, -0.15) is 8.78 Å². The first-order valence-electron chi connectivity index (χ1n) is 10.8. The highest BCUT2D eigenvalue weighted by Gasteiger charge is 2.36. The lowest BCUT2D eigenvalue weighted by molar-refractivity contribution is -0.185. The van der Waals surface area contributed by atoms with E-state index in [1.165, 1.54) is 6.07 Å². The summed E-state index contributed by atoms with van der Waals surface area (Å²) in [6.07, 6.45) is -7.13. The van der Waals surface area contributed by atoms with E-state index in [2.05, 4.69) is 4.74 Å². The topological polar surface area (TPSA) is 9.23 Å². The van der Waals surface area contributed by atoms with Crippen molar-refractivity contribution in [1.29, 1.82) is 0 Å². The number of rotatable bonds is 7. The molecule has 188 valence electrons. The van der Waals surface area contributed by atoms with Crippen LogP contribution in [0.25, 0.3) is 10.8 Å². The molecule has 0 aliphatic heterocycles. The molecule has 0 spiro atoms. The third kappa shape index (κ3) is 5.15. The Labute approximate surface area is 200 Å². The summed E-state index contributed by atoms with van der Waals surface area (Å²) < 4.78 is 116. The van der Waals surface area contributed by atoms with Crippen molar-refractivity contribution in [2.75, 3.05) is 0 Å². The van der Waals surface area contributed by atoms with Gasteiger partial charge in [0, 0.05) is 17.5 Å². The molecule has 0 radical (unpaired) electrons. The van der Waals surface area contributed by atoms with Crippen molar-refractivity contribution in [3.8, 4) is 5.75 Å². The number of benzene rings is 4. The van der Waals surface area contributed by atoms with Gasteiger partial charge >= 0.3 is 6.11 Å². The van der Waals surface area contributed by atoms with E-state index in [4.69, 9.17) is 0 Å². The lowest BCUT2D eigenvalue weighted by Gasteiger charge is -2.20. The number of hydrogen-bond donors (Lipinski definition) is 0. The highest BCUT2D eigenvalue weighted by atomic mass is 19.3. The van der Waals surface area contributed by atoms with Crippen molar-refractivity contribution in [1.82, 2.24) is 0 Å². The zero-order valence-electron chi connectivity index (χ0n) is 18.7. The van der Waals surface area contributed by atoms with Crippen LogP contribution >= 0.6 is 0 Å². The van der Waals surface area contributed by atoms with Crippen molar-refractivity contribution in [2.45, 2.75) is 32.3 Å². The van der Waals surface area contributed by atoms with Crippen LogP contribution in [0.1, 0.15) is 34.2 Å². The van der Waals surface area contributed by atoms with Crippen LogP contribution in [-0.2, 0) is 19.0 Å². The minimum absolute atomic E-state index is 0.0707. The Morgan fingerprint density at radius 2 is 1.42 bits per heavy atom. The van der Waals surface area contributed by atoms with Crippen molar-refractivity contribution in [3.05, 3.63) is 112 Å². The quantitative estimate of drug-likeness (QED) is 0.226. The van der Waals surface area contributed by atoms with Crippen LogP contribution in [0.3, 0.4) is 0 Å². The summed E-state index contributed by atoms with van der Waals surface area (Å²) in [5.74, 6) is -7.09. The number of alkyl halides is 4. The van der Waals surface area contributed by atoms with Gasteiger partial charge in [0.15, 0.2) is 11.6 Å². The standard InChI is InChI=1S/C27H18F8O/c1-14-2-4-15(5-3-14)6-7-17-10-16-8-9-18(11-20(16)25(31)24(17)30)27(34,35)36-19-12-21(28)23(26(32)33)22(29)13-19/h2-5,8-13,26H,6-7H2,1H3. The average molecular weight is 510 g/mol. The van der Waals surface area contributed by atoms with E-state index in [0.717, 1.165) is 23.3 Å². The molecule has 0 unspecified atom stereocenters. The molecule has 0 bridgehead atoms. The molecule has 36 heavy (non-hydrogen) atoms. The lowest BCUT2D eigenvalue weighted by atomic mass is 9.98. The van der Waals surface area contributed by atoms with Crippen LogP contribution in [0, 0.1) is 30.2 Å². The van der Waals surface area contributed by atoms with Gasteiger partial charge in [-0.05, 0) is 54.5 Å². The second-order valence-corrected chi connectivity index (χ2v) is 8.31. The van der Waals surface area contributed by atoms with Crippen molar-refractivity contribution in [2.24, 2.45) is 0 Å². The predicted molar refractivity (Wildman–Crippen MR) is 118 cm³/mol. The van der Waals surface area contributed by atoms with E-state index in [9.17, 15) is 35.1 Å². The molecule has 0 aliphatic rings. The minimum Gasteiger partial charge on any atom is -0.429 e. The van der Waals surface area contributed by atoms with Crippen LogP contribution < -0.4 is 4.74 Å². The fourth-order valence-electron chi connectivity index (χ4n) is 3.81. The first-order valence-corrected chi connectivity index (χ1v) is 10.8. The number of ether oxygens (including phenoxy) is 1. The van der Waals surface area contributed by atoms with E-state index in [-0.39, 0.29) is 29.5 Å². The van der Waals surface area contributed by atoms with Crippen LogP contribution in [0.4, 0.5) is 35.1 Å². The largest absolute Gasteiger partial charge is 0.429 e. The van der Waals surface area contributed by atoms with Gasteiger partial charge in [-0.1, -0.05) is 35.9 Å². The van der Waals surface area contributed by atoms with E-state index in [1.807, 2.05) is 31.2 Å². The molecule has 0 amide bonds. The third-order valence-corrected chi connectivity index (χ3v) is 5.75. The van der Waals surface area contributed by atoms with Gasteiger partial charge in [0.25, 0.3) is 6.43 Å². The SMILES string of the molecule is Cc1ccc(CCc2cc3ccc(C(F)(F)Oc4cc(F)c(C(F)F)c(F)c4)cc3c(F)c2F)cc1. The van der Waals surface area contributed by atoms with Gasteiger partial charge in [-0.3, -0.25) is 0 Å². The maximum Gasteiger partial charge on any atom is 0.426 e. The van der Waals surface area contributed by atoms with Gasteiger partial charge in [0.2, 0.25) is 0 Å². The highest BCUT2D eigenvalue weighted by Crippen LogP contribution is 2.37. The molecule has 0 saturated carbocycles. The predicted octanol–water partition coefficient (Wildman–Crippen LogP) is 8.56. The van der Waals surface area contributed by atoms with Crippen molar-refractivity contribution >= 4 is 10.8 Å². The summed E-state index contributed by atoms with van der Waals surface area (Å²) >= 11 is 0. The number of halogens is 8. The van der Waals surface area contributed by atoms with Crippen LogP contribution in [0.2, 0.25) is 0 Å². The van der Waals surface area contributed by atoms with Gasteiger partial charge in [-0.15, -0.1) is 0 Å². The molecule has 0 N–H and O–H groups in total. The lowest BCUT2D eigenvalue weighted by Crippen LogP contribution is -2.22. The molecule has 4 rings (SSSR count). The number of fused-ring (bicyclic) bond motifs is 1. The molecule has 0 heterocycles. The molecule has 0 aromatic heterocycles. The molecule has 0 atom stereocenters. The van der Waals surface area contributed by atoms with Gasteiger partial charge < -0.3 is 4.74 Å². The normalized spacial score (nSPS) is 11.9. The molecule has 4 aromatic rings. The fourth-order valence-corrected chi connectivity index (χ4v) is 3.81. The molecule has 0 fully saturated rings. The maximum atomic E-state index is 14.8.